The van der Waals surface area contributed by atoms with Gasteiger partial charge in [0.2, 0.25) is 0 Å². The summed E-state index contributed by atoms with van der Waals surface area (Å²) in [5.74, 6) is 0.134. The van der Waals surface area contributed by atoms with Gasteiger partial charge >= 0.3 is 0 Å². The molecular weight excluding hydrogens is 296 g/mol. The molecule has 0 bridgehead atoms. The average molecular weight is 318 g/mol. The minimum atomic E-state index is -3.35. The Balaban J connectivity index is 2.19. The van der Waals surface area contributed by atoms with E-state index in [1.54, 1.807) is 6.92 Å². The van der Waals surface area contributed by atoms with E-state index in [0.29, 0.717) is 11.5 Å². The van der Waals surface area contributed by atoms with Crippen LogP contribution in [0.2, 0.25) is 0 Å². The van der Waals surface area contributed by atoms with E-state index in [2.05, 4.69) is 28.7 Å². The lowest BCUT2D eigenvalue weighted by atomic mass is 9.75. The molecule has 0 unspecified atom stereocenters. The molecule has 3 N–H and O–H groups in total. The first kappa shape index (κ1) is 15.5. The number of nitrogens with zero attached hydrogens (tertiary/aromatic N) is 2. The van der Waals surface area contributed by atoms with Gasteiger partial charge in [-0.05, 0) is 44.9 Å². The highest BCUT2D eigenvalue weighted by atomic mass is 32.2. The van der Waals surface area contributed by atoms with Crippen LogP contribution in [0, 0.1) is 0 Å². The first-order valence-corrected chi connectivity index (χ1v) is 9.14. The summed E-state index contributed by atoms with van der Waals surface area (Å²) in [6.07, 6.45) is 3.46. The molecule has 0 aliphatic heterocycles. The van der Waals surface area contributed by atoms with Crippen molar-refractivity contribution in [3.8, 4) is 0 Å². The number of sulfone groups is 1. The van der Waals surface area contributed by atoms with Gasteiger partial charge in [0.25, 0.3) is 0 Å². The predicted molar refractivity (Wildman–Crippen MR) is 83.0 cm³/mol. The predicted octanol–water partition coefficient (Wildman–Crippen LogP) is 1.42. The molecule has 0 radical (unpaired) electrons. The molecule has 1 saturated carbocycles. The summed E-state index contributed by atoms with van der Waals surface area (Å²) in [5, 5.41) is 3.82. The van der Waals surface area contributed by atoms with Crippen LogP contribution in [0.4, 0.5) is 10.8 Å². The standard InChI is InChI=1S/C12H22N4O2S2/c1-4-20(17,18)9-10(13)15-19-11(9)14-8-12(16(2)3)6-5-7-12/h14H,4-8H2,1-3H3,(H2,13,15). The molecule has 20 heavy (non-hydrogen) atoms. The Labute approximate surface area is 124 Å². The molecule has 1 heterocycles. The Bertz CT molecular complexity index is 576. The van der Waals surface area contributed by atoms with Crippen LogP contribution in [0.3, 0.4) is 0 Å². The van der Waals surface area contributed by atoms with Crippen molar-refractivity contribution in [2.75, 3.05) is 37.4 Å². The maximum Gasteiger partial charge on any atom is 0.184 e. The first-order chi connectivity index (χ1) is 9.32. The molecule has 6 nitrogen and oxygen atoms in total. The van der Waals surface area contributed by atoms with Crippen molar-refractivity contribution in [2.24, 2.45) is 0 Å². The molecule has 1 aliphatic rings. The molecular formula is C12H22N4O2S2. The number of hydrogen-bond acceptors (Lipinski definition) is 7. The second kappa shape index (κ2) is 5.50. The zero-order valence-corrected chi connectivity index (χ0v) is 13.8. The molecule has 0 atom stereocenters. The van der Waals surface area contributed by atoms with Crippen molar-refractivity contribution >= 4 is 32.2 Å². The molecule has 0 amide bonds. The van der Waals surface area contributed by atoms with Gasteiger partial charge in [-0.2, -0.15) is 4.37 Å². The second-order valence-corrected chi connectivity index (χ2v) is 8.44. The largest absolute Gasteiger partial charge is 0.382 e. The van der Waals surface area contributed by atoms with Crippen LogP contribution < -0.4 is 11.1 Å². The highest BCUT2D eigenvalue weighted by molar-refractivity contribution is 7.91. The lowest BCUT2D eigenvalue weighted by Crippen LogP contribution is -2.54. The summed E-state index contributed by atoms with van der Waals surface area (Å²) in [4.78, 5) is 2.38. The summed E-state index contributed by atoms with van der Waals surface area (Å²) < 4.78 is 28.1. The molecule has 1 aromatic rings. The number of anilines is 2. The van der Waals surface area contributed by atoms with Crippen LogP contribution in [0.15, 0.2) is 4.90 Å². The molecule has 0 saturated heterocycles. The van der Waals surface area contributed by atoms with E-state index in [9.17, 15) is 8.42 Å². The van der Waals surface area contributed by atoms with E-state index < -0.39 is 9.84 Å². The number of rotatable bonds is 6. The Morgan fingerprint density at radius 2 is 2.10 bits per heavy atom. The van der Waals surface area contributed by atoms with Gasteiger partial charge in [0.15, 0.2) is 15.7 Å². The Morgan fingerprint density at radius 3 is 2.55 bits per heavy atom. The lowest BCUT2D eigenvalue weighted by Gasteiger charge is -2.47. The Morgan fingerprint density at radius 1 is 1.45 bits per heavy atom. The molecule has 0 spiro atoms. The molecule has 1 fully saturated rings. The van der Waals surface area contributed by atoms with E-state index >= 15 is 0 Å². The monoisotopic (exact) mass is 318 g/mol. The summed E-state index contributed by atoms with van der Waals surface area (Å²) in [6.45, 7) is 2.33. The van der Waals surface area contributed by atoms with Crippen LogP contribution in [0.1, 0.15) is 26.2 Å². The maximum absolute atomic E-state index is 12.1. The summed E-state index contributed by atoms with van der Waals surface area (Å²) in [7, 11) is 0.776. The van der Waals surface area contributed by atoms with Crippen molar-refractivity contribution in [1.82, 2.24) is 9.27 Å². The van der Waals surface area contributed by atoms with E-state index in [-0.39, 0.29) is 22.0 Å². The van der Waals surface area contributed by atoms with Gasteiger partial charge in [0.05, 0.1) is 5.75 Å². The number of aromatic nitrogens is 1. The molecule has 1 aromatic heterocycles. The number of nitrogens with one attached hydrogen (secondary N) is 1. The smallest absolute Gasteiger partial charge is 0.184 e. The third-order valence-electron chi connectivity index (χ3n) is 4.18. The zero-order chi connectivity index (χ0) is 15.0. The second-order valence-electron chi connectivity index (χ2n) is 5.46. The zero-order valence-electron chi connectivity index (χ0n) is 12.1. The van der Waals surface area contributed by atoms with Crippen molar-refractivity contribution in [1.29, 1.82) is 0 Å². The van der Waals surface area contributed by atoms with Crippen molar-refractivity contribution in [3.05, 3.63) is 0 Å². The van der Waals surface area contributed by atoms with Gasteiger partial charge in [0, 0.05) is 12.1 Å². The number of likely N-dealkylation sites (N-methyl/N-ethyl adjacent to an activating group) is 1. The summed E-state index contributed by atoms with van der Waals surface area (Å²) >= 11 is 1.12. The fraction of sp³-hybridized carbons (Fsp3) is 0.750. The van der Waals surface area contributed by atoms with Crippen LogP contribution in [0.25, 0.3) is 0 Å². The SMILES string of the molecule is CCS(=O)(=O)c1c(N)nsc1NCC1(N(C)C)CCC1. The van der Waals surface area contributed by atoms with Crippen LogP contribution in [0.5, 0.6) is 0 Å². The van der Waals surface area contributed by atoms with Gasteiger partial charge in [0.1, 0.15) is 9.90 Å². The maximum atomic E-state index is 12.1. The first-order valence-electron chi connectivity index (χ1n) is 6.71. The topological polar surface area (TPSA) is 88.3 Å². The third kappa shape index (κ3) is 2.64. The Kier molecular flexibility index (Phi) is 4.27. The Hall–Kier alpha value is -0.860. The molecule has 0 aromatic carbocycles. The van der Waals surface area contributed by atoms with Crippen molar-refractivity contribution in [3.63, 3.8) is 0 Å². The van der Waals surface area contributed by atoms with Gasteiger partial charge in [-0.1, -0.05) is 6.92 Å². The van der Waals surface area contributed by atoms with Crippen LogP contribution >= 0.6 is 11.5 Å². The van der Waals surface area contributed by atoms with Crippen molar-refractivity contribution < 1.29 is 8.42 Å². The molecule has 8 heteroatoms. The minimum absolute atomic E-state index is 0.0309. The van der Waals surface area contributed by atoms with E-state index in [0.717, 1.165) is 24.4 Å². The highest BCUT2D eigenvalue weighted by Gasteiger charge is 2.39. The van der Waals surface area contributed by atoms with E-state index in [1.807, 2.05) is 0 Å². The lowest BCUT2D eigenvalue weighted by molar-refractivity contribution is 0.0739. The third-order valence-corrected chi connectivity index (χ3v) is 6.92. The molecule has 114 valence electrons. The van der Waals surface area contributed by atoms with Gasteiger partial charge in [-0.15, -0.1) is 0 Å². The van der Waals surface area contributed by atoms with Gasteiger partial charge in [-0.3, -0.25) is 0 Å². The normalized spacial score (nSPS) is 18.0. The van der Waals surface area contributed by atoms with Crippen LogP contribution in [-0.4, -0.2) is 49.6 Å². The van der Waals surface area contributed by atoms with Crippen LogP contribution in [-0.2, 0) is 9.84 Å². The van der Waals surface area contributed by atoms with E-state index in [1.165, 1.54) is 6.42 Å². The molecule has 2 rings (SSSR count). The summed E-state index contributed by atoms with van der Waals surface area (Å²) in [5.41, 5.74) is 5.84. The number of nitrogens with two attached hydrogens (primary N) is 1. The highest BCUT2D eigenvalue weighted by Crippen LogP contribution is 2.38. The summed E-state index contributed by atoms with van der Waals surface area (Å²) in [6, 6.07) is 0. The average Bonchev–Trinajstić information content (AvgIpc) is 2.69. The van der Waals surface area contributed by atoms with Gasteiger partial charge < -0.3 is 16.0 Å². The minimum Gasteiger partial charge on any atom is -0.382 e. The number of nitrogen functional groups attached to an aromatic ring is 1. The molecule has 1 aliphatic carbocycles. The number of hydrogen-bond donors (Lipinski definition) is 2. The van der Waals surface area contributed by atoms with Gasteiger partial charge in [-0.25, -0.2) is 8.42 Å². The fourth-order valence-corrected chi connectivity index (χ4v) is 4.63. The quantitative estimate of drug-likeness (QED) is 0.824. The fourth-order valence-electron chi connectivity index (χ4n) is 2.46. The van der Waals surface area contributed by atoms with E-state index in [4.69, 9.17) is 5.73 Å². The van der Waals surface area contributed by atoms with Crippen molar-refractivity contribution in [2.45, 2.75) is 36.6 Å².